The minimum atomic E-state index is -0.324. The fourth-order valence-corrected chi connectivity index (χ4v) is 5.76. The maximum atomic E-state index is 14.2. The summed E-state index contributed by atoms with van der Waals surface area (Å²) < 4.78 is 12.5. The average molecular weight is 685 g/mol. The Morgan fingerprint density at radius 2 is 1.64 bits per heavy atom. The van der Waals surface area contributed by atoms with Crippen LogP contribution in [0.25, 0.3) is 22.2 Å². The van der Waals surface area contributed by atoms with Gasteiger partial charge in [0.2, 0.25) is 11.9 Å². The summed E-state index contributed by atoms with van der Waals surface area (Å²) in [6, 6.07) is 8.72. The van der Waals surface area contributed by atoms with E-state index in [9.17, 15) is 9.59 Å². The molecule has 47 heavy (non-hydrogen) atoms. The summed E-state index contributed by atoms with van der Waals surface area (Å²) in [5.41, 5.74) is 0.699. The first kappa shape index (κ1) is 37.3. The zero-order chi connectivity index (χ0) is 34.5. The van der Waals surface area contributed by atoms with E-state index in [-0.39, 0.29) is 27.1 Å². The molecule has 4 aromatic rings. The molecule has 1 aliphatic heterocycles. The summed E-state index contributed by atoms with van der Waals surface area (Å²) in [5.74, 6) is 1.46. The van der Waals surface area contributed by atoms with Crippen molar-refractivity contribution >= 4 is 51.9 Å². The number of carbonyl (C=O) groups excluding carboxylic acids is 1. The highest BCUT2D eigenvalue weighted by molar-refractivity contribution is 6.41. The molecule has 0 radical (unpaired) electrons. The van der Waals surface area contributed by atoms with Gasteiger partial charge in [0.15, 0.2) is 0 Å². The minimum absolute atomic E-state index is 0.0595. The Morgan fingerprint density at radius 3 is 2.21 bits per heavy atom. The van der Waals surface area contributed by atoms with Crippen molar-refractivity contribution in [3.63, 3.8) is 0 Å². The van der Waals surface area contributed by atoms with Crippen molar-refractivity contribution in [3.8, 4) is 22.6 Å². The molecule has 0 bridgehead atoms. The largest absolute Gasteiger partial charge is 0.495 e. The number of methoxy groups -OCH3 is 2. The Hall–Kier alpha value is -4.19. The number of hydrogen-bond acceptors (Lipinski definition) is 9. The lowest BCUT2D eigenvalue weighted by molar-refractivity contribution is -0.127. The molecule has 1 amide bonds. The van der Waals surface area contributed by atoms with Gasteiger partial charge in [-0.2, -0.15) is 4.98 Å². The quantitative estimate of drug-likeness (QED) is 0.183. The van der Waals surface area contributed by atoms with E-state index < -0.39 is 0 Å². The maximum absolute atomic E-state index is 14.2. The number of fused-ring (bicyclic) bond motifs is 1. The lowest BCUT2D eigenvalue weighted by atomic mass is 10.0. The predicted octanol–water partition coefficient (Wildman–Crippen LogP) is 6.69. The summed E-state index contributed by atoms with van der Waals surface area (Å²) in [6.45, 7) is 15.4. The fraction of sp³-hybridized carbons (Fsp3) is 0.382. The van der Waals surface area contributed by atoms with Gasteiger partial charge < -0.3 is 19.7 Å². The number of halogens is 2. The number of carbonyl (C=O) groups is 1. The summed E-state index contributed by atoms with van der Waals surface area (Å²) in [4.78, 5) is 43.6. The number of rotatable bonds is 10. The Labute approximate surface area is 286 Å². The molecule has 1 N–H and O–H groups in total. The van der Waals surface area contributed by atoms with Gasteiger partial charge in [0.1, 0.15) is 23.0 Å². The highest BCUT2D eigenvalue weighted by atomic mass is 35.5. The molecule has 0 unspecified atom stereocenters. The lowest BCUT2D eigenvalue weighted by Crippen LogP contribution is -2.48. The number of hydrogen-bond donors (Lipinski definition) is 1. The minimum Gasteiger partial charge on any atom is -0.495 e. The molecule has 0 saturated carbocycles. The van der Waals surface area contributed by atoms with Crippen LogP contribution >= 0.6 is 23.2 Å². The molecule has 11 nitrogen and oxygen atoms in total. The molecule has 252 valence electrons. The molecule has 0 aliphatic carbocycles. The molecular formula is C34H43Cl2N7O4. The van der Waals surface area contributed by atoms with Crippen LogP contribution in [0.2, 0.25) is 10.0 Å². The van der Waals surface area contributed by atoms with Gasteiger partial charge in [-0.3, -0.25) is 19.1 Å². The average Bonchev–Trinajstić information content (AvgIpc) is 3.12. The van der Waals surface area contributed by atoms with E-state index in [0.717, 1.165) is 19.6 Å². The summed E-state index contributed by atoms with van der Waals surface area (Å²) >= 11 is 13.4. The molecule has 1 aliphatic rings. The maximum Gasteiger partial charge on any atom is 0.260 e. The first-order valence-corrected chi connectivity index (χ1v) is 16.4. The van der Waals surface area contributed by atoms with Crippen molar-refractivity contribution in [1.82, 2.24) is 29.3 Å². The van der Waals surface area contributed by atoms with Crippen molar-refractivity contribution in [3.05, 3.63) is 75.8 Å². The van der Waals surface area contributed by atoms with Crippen molar-refractivity contribution < 1.29 is 14.3 Å². The highest BCUT2D eigenvalue weighted by Gasteiger charge is 2.24. The van der Waals surface area contributed by atoms with Gasteiger partial charge in [-0.1, -0.05) is 63.5 Å². The second kappa shape index (κ2) is 18.2. The number of piperazine rings is 1. The van der Waals surface area contributed by atoms with E-state index in [4.69, 9.17) is 37.7 Å². The normalized spacial score (nSPS) is 12.7. The fourth-order valence-electron chi connectivity index (χ4n) is 5.05. The third kappa shape index (κ3) is 8.79. The number of nitrogens with zero attached hydrogens (tertiary/aromatic N) is 6. The van der Waals surface area contributed by atoms with Gasteiger partial charge in [0.25, 0.3) is 5.56 Å². The van der Waals surface area contributed by atoms with Crippen LogP contribution in [0.15, 0.2) is 60.2 Å². The second-order valence-electron chi connectivity index (χ2n) is 9.84. The first-order valence-electron chi connectivity index (χ1n) is 15.7. The molecule has 4 heterocycles. The number of benzene rings is 1. The van der Waals surface area contributed by atoms with Gasteiger partial charge in [-0.25, -0.2) is 9.97 Å². The Kier molecular flexibility index (Phi) is 14.5. The molecule has 13 heteroatoms. The monoisotopic (exact) mass is 683 g/mol. The SMILES string of the molecule is C=CC(=O)N1CCN(CCCn2c(=O)c(-c3c(Cl)c(OC)cc(OC)c3Cl)cc3cnc(Nc4ccccn4)nc32)CC1.CC.CC. The van der Waals surface area contributed by atoms with Gasteiger partial charge in [-0.05, 0) is 37.2 Å². The Morgan fingerprint density at radius 1 is 0.979 bits per heavy atom. The number of amides is 1. The Bertz CT molecular complexity index is 1680. The summed E-state index contributed by atoms with van der Waals surface area (Å²) in [6.07, 6.45) is 5.30. The molecule has 5 rings (SSSR count). The van der Waals surface area contributed by atoms with Crippen LogP contribution < -0.4 is 20.3 Å². The predicted molar refractivity (Wildman–Crippen MR) is 190 cm³/mol. The van der Waals surface area contributed by atoms with Crippen molar-refractivity contribution in [1.29, 1.82) is 0 Å². The lowest BCUT2D eigenvalue weighted by Gasteiger charge is -2.34. The number of anilines is 2. The van der Waals surface area contributed by atoms with Crippen molar-refractivity contribution in [2.75, 3.05) is 52.3 Å². The zero-order valence-corrected chi connectivity index (χ0v) is 29.4. The van der Waals surface area contributed by atoms with E-state index in [1.54, 1.807) is 40.1 Å². The summed E-state index contributed by atoms with van der Waals surface area (Å²) in [5, 5.41) is 4.09. The van der Waals surface area contributed by atoms with Crippen molar-refractivity contribution in [2.45, 2.75) is 40.7 Å². The van der Waals surface area contributed by atoms with Crippen LogP contribution in [-0.2, 0) is 11.3 Å². The number of aryl methyl sites for hydroxylation is 1. The van der Waals surface area contributed by atoms with E-state index in [1.165, 1.54) is 20.3 Å². The van der Waals surface area contributed by atoms with Gasteiger partial charge in [0, 0.05) is 62.1 Å². The van der Waals surface area contributed by atoms with Crippen LogP contribution in [0.1, 0.15) is 34.1 Å². The van der Waals surface area contributed by atoms with E-state index >= 15 is 0 Å². The Balaban J connectivity index is 0.00000144. The number of aromatic nitrogens is 4. The van der Waals surface area contributed by atoms with Crippen LogP contribution in [0.3, 0.4) is 0 Å². The molecule has 3 aromatic heterocycles. The third-order valence-electron chi connectivity index (χ3n) is 7.29. The van der Waals surface area contributed by atoms with Gasteiger partial charge >= 0.3 is 0 Å². The molecular weight excluding hydrogens is 641 g/mol. The van der Waals surface area contributed by atoms with E-state index in [2.05, 4.69) is 26.8 Å². The topological polar surface area (TPSA) is 115 Å². The van der Waals surface area contributed by atoms with E-state index in [0.29, 0.717) is 65.9 Å². The number of nitrogens with one attached hydrogen (secondary N) is 1. The summed E-state index contributed by atoms with van der Waals surface area (Å²) in [7, 11) is 2.96. The highest BCUT2D eigenvalue weighted by Crippen LogP contribution is 2.45. The molecule has 0 atom stereocenters. The molecule has 1 saturated heterocycles. The smallest absolute Gasteiger partial charge is 0.260 e. The number of pyridine rings is 2. The first-order chi connectivity index (χ1) is 22.8. The van der Waals surface area contributed by atoms with Crippen LogP contribution in [0, 0.1) is 0 Å². The van der Waals surface area contributed by atoms with Crippen LogP contribution in [0.5, 0.6) is 11.5 Å². The van der Waals surface area contributed by atoms with Crippen molar-refractivity contribution in [2.24, 2.45) is 0 Å². The number of ether oxygens (including phenoxy) is 2. The van der Waals surface area contributed by atoms with Crippen LogP contribution in [-0.4, -0.2) is 82.2 Å². The molecule has 0 spiro atoms. The molecule has 1 fully saturated rings. The molecule has 1 aromatic carbocycles. The third-order valence-corrected chi connectivity index (χ3v) is 8.04. The van der Waals surface area contributed by atoms with E-state index in [1.807, 2.05) is 39.8 Å². The second-order valence-corrected chi connectivity index (χ2v) is 10.6. The van der Waals surface area contributed by atoms with Gasteiger partial charge in [0.05, 0.1) is 29.8 Å². The van der Waals surface area contributed by atoms with Crippen LogP contribution in [0.4, 0.5) is 11.8 Å². The van der Waals surface area contributed by atoms with Gasteiger partial charge in [-0.15, -0.1) is 0 Å². The zero-order valence-electron chi connectivity index (χ0n) is 27.8. The standard InChI is InChI=1S/C30H31Cl2N7O4.2C2H6/c1-4-24(40)38-14-12-37(13-15-38)10-7-11-39-28-19(18-34-30(36-28)35-23-8-5-6-9-33-23)16-20(29(39)41)25-26(31)21(42-2)17-22(43-3)27(25)32;2*1-2/h4-6,8-9,16-18H,1,7,10-15H2,2-3H3,(H,33,34,35,36);2*1-2H3.